The normalized spacial score (nSPS) is 14.1. The van der Waals surface area contributed by atoms with Crippen LogP contribution in [0.5, 0.6) is 0 Å². The van der Waals surface area contributed by atoms with Crippen LogP contribution in [0.4, 0.5) is 33.4 Å². The lowest BCUT2D eigenvalue weighted by Gasteiger charge is -2.44. The number of hydrogen-bond donors (Lipinski definition) is 0. The van der Waals surface area contributed by atoms with Crippen molar-refractivity contribution in [1.82, 2.24) is 0 Å². The molecule has 59 heavy (non-hydrogen) atoms. The zero-order valence-corrected chi connectivity index (χ0v) is 38.2. The molecule has 9 rings (SSSR count). The van der Waals surface area contributed by atoms with Crippen LogP contribution >= 0.6 is 11.3 Å². The Morgan fingerprint density at radius 3 is 1.59 bits per heavy atom. The Kier molecular flexibility index (Phi) is 9.00. The van der Waals surface area contributed by atoms with Crippen molar-refractivity contribution in [1.29, 1.82) is 0 Å². The summed E-state index contributed by atoms with van der Waals surface area (Å²) in [5.74, 6) is 0. The van der Waals surface area contributed by atoms with Crippen molar-refractivity contribution in [3.63, 3.8) is 0 Å². The highest BCUT2D eigenvalue weighted by atomic mass is 32.1. The number of rotatable bonds is 3. The maximum atomic E-state index is 2.61. The Bertz CT molecular complexity index is 2760. The van der Waals surface area contributed by atoms with Crippen molar-refractivity contribution in [3.05, 3.63) is 149 Å². The summed E-state index contributed by atoms with van der Waals surface area (Å²) in [6, 6.07) is 47.2. The van der Waals surface area contributed by atoms with E-state index in [9.17, 15) is 0 Å². The van der Waals surface area contributed by atoms with Crippen LogP contribution in [0.15, 0.2) is 121 Å². The Labute approximate surface area is 358 Å². The summed E-state index contributed by atoms with van der Waals surface area (Å²) in [6.45, 7) is 30.3. The van der Waals surface area contributed by atoms with Gasteiger partial charge < -0.3 is 9.80 Å². The smallest absolute Gasteiger partial charge is 0.254 e. The minimum Gasteiger partial charge on any atom is -0.311 e. The number of benzene rings is 6. The average molecular weight is 791 g/mol. The number of fused-ring (bicyclic) bond motifs is 6. The summed E-state index contributed by atoms with van der Waals surface area (Å²) in [6.07, 6.45) is 0. The van der Waals surface area contributed by atoms with Crippen molar-refractivity contribution < 1.29 is 0 Å². The Balaban J connectivity index is 1.42. The van der Waals surface area contributed by atoms with Crippen LogP contribution in [0.2, 0.25) is 0 Å². The van der Waals surface area contributed by atoms with E-state index >= 15 is 0 Å². The first kappa shape index (κ1) is 39.4. The van der Waals surface area contributed by atoms with Crippen LogP contribution in [0.25, 0.3) is 21.2 Å². The summed E-state index contributed by atoms with van der Waals surface area (Å²) < 4.78 is 1.34. The largest absolute Gasteiger partial charge is 0.311 e. The third-order valence-electron chi connectivity index (χ3n) is 12.7. The van der Waals surface area contributed by atoms with Crippen LogP contribution in [0, 0.1) is 6.92 Å². The van der Waals surface area contributed by atoms with Gasteiger partial charge in [0, 0.05) is 33.0 Å². The quantitative estimate of drug-likeness (QED) is 0.165. The molecule has 298 valence electrons. The highest BCUT2D eigenvalue weighted by Crippen LogP contribution is 2.50. The van der Waals surface area contributed by atoms with E-state index in [0.29, 0.717) is 0 Å². The molecule has 0 spiro atoms. The number of anilines is 6. The van der Waals surface area contributed by atoms with Crippen LogP contribution in [0.1, 0.15) is 111 Å². The molecule has 0 unspecified atom stereocenters. The van der Waals surface area contributed by atoms with E-state index < -0.39 is 0 Å². The van der Waals surface area contributed by atoms with Gasteiger partial charge in [0.05, 0.1) is 10.7 Å². The van der Waals surface area contributed by atoms with Gasteiger partial charge in [-0.25, -0.2) is 0 Å². The minimum atomic E-state index is -0.0196. The fraction of sp³-hybridized carbons (Fsp3) is 0.309. The van der Waals surface area contributed by atoms with Crippen molar-refractivity contribution in [2.24, 2.45) is 0 Å². The average Bonchev–Trinajstić information content (AvgIpc) is 3.55. The van der Waals surface area contributed by atoms with Gasteiger partial charge in [-0.05, 0) is 132 Å². The van der Waals surface area contributed by atoms with E-state index in [0.717, 1.165) is 0 Å². The molecular weight excluding hydrogens is 731 g/mol. The van der Waals surface area contributed by atoms with Crippen molar-refractivity contribution >= 4 is 78.0 Å². The van der Waals surface area contributed by atoms with Crippen molar-refractivity contribution in [2.45, 2.75) is 112 Å². The zero-order valence-electron chi connectivity index (χ0n) is 37.4. The number of thiophene rings is 1. The molecule has 4 heteroatoms. The van der Waals surface area contributed by atoms with Gasteiger partial charge in [-0.2, -0.15) is 0 Å². The molecule has 0 saturated carbocycles. The molecule has 0 saturated heterocycles. The first-order valence-corrected chi connectivity index (χ1v) is 22.3. The first-order chi connectivity index (χ1) is 27.7. The molecule has 3 heterocycles. The van der Waals surface area contributed by atoms with Gasteiger partial charge in [-0.3, -0.25) is 0 Å². The molecule has 6 aromatic carbocycles. The number of hydrogen-bond acceptors (Lipinski definition) is 3. The fourth-order valence-electron chi connectivity index (χ4n) is 9.26. The molecule has 2 aliphatic rings. The van der Waals surface area contributed by atoms with E-state index in [-0.39, 0.29) is 28.4 Å². The van der Waals surface area contributed by atoms with Crippen molar-refractivity contribution in [2.75, 3.05) is 9.80 Å². The molecule has 1 aromatic heterocycles. The number of aryl methyl sites for hydroxylation is 1. The summed E-state index contributed by atoms with van der Waals surface area (Å²) >= 11 is 1.95. The highest BCUT2D eigenvalue weighted by Gasteiger charge is 2.46. The first-order valence-electron chi connectivity index (χ1n) is 21.5. The van der Waals surface area contributed by atoms with E-state index in [1.165, 1.54) is 98.9 Å². The molecule has 0 amide bonds. The lowest BCUT2D eigenvalue weighted by atomic mass is 9.33. The molecule has 0 bridgehead atoms. The maximum Gasteiger partial charge on any atom is 0.254 e. The summed E-state index contributed by atoms with van der Waals surface area (Å²) in [7, 11) is 0. The Hall–Kier alpha value is -5.06. The highest BCUT2D eigenvalue weighted by molar-refractivity contribution is 7.26. The lowest BCUT2D eigenvalue weighted by Crippen LogP contribution is -2.61. The van der Waals surface area contributed by atoms with Gasteiger partial charge in [0.1, 0.15) is 0 Å². The second-order valence-corrected chi connectivity index (χ2v) is 22.3. The van der Waals surface area contributed by atoms with E-state index in [4.69, 9.17) is 0 Å². The van der Waals surface area contributed by atoms with Crippen LogP contribution in [-0.2, 0) is 21.7 Å². The predicted molar refractivity (Wildman–Crippen MR) is 261 cm³/mol. The molecule has 0 radical (unpaired) electrons. The van der Waals surface area contributed by atoms with Crippen molar-refractivity contribution in [3.8, 4) is 11.1 Å². The molecule has 0 fully saturated rings. The molecular formula is C55H59BN2S. The Morgan fingerprint density at radius 1 is 0.458 bits per heavy atom. The van der Waals surface area contributed by atoms with E-state index in [2.05, 4.69) is 221 Å². The third kappa shape index (κ3) is 6.63. The molecule has 7 aromatic rings. The summed E-state index contributed by atoms with van der Waals surface area (Å²) in [4.78, 5) is 5.21. The SMILES string of the molecule is Cc1cc2c3c(c1)N(c1ccc(C(C)(C)C)cc1)c1sc4ccc(C(C)(C)C)cc4c1B3c1cc(C(C)(C)C)ccc1N2c1ccc(C(C)(C)C)cc1-c1ccccc1. The van der Waals surface area contributed by atoms with Gasteiger partial charge in [0.2, 0.25) is 0 Å². The monoisotopic (exact) mass is 790 g/mol. The van der Waals surface area contributed by atoms with Gasteiger partial charge in [0.25, 0.3) is 6.71 Å². The van der Waals surface area contributed by atoms with Crippen LogP contribution < -0.4 is 26.2 Å². The molecule has 0 atom stereocenters. The second kappa shape index (κ2) is 13.5. The van der Waals surface area contributed by atoms with Gasteiger partial charge in [-0.15, -0.1) is 11.3 Å². The predicted octanol–water partition coefficient (Wildman–Crippen LogP) is 14.1. The van der Waals surface area contributed by atoms with E-state index in [1.807, 2.05) is 11.3 Å². The second-order valence-electron chi connectivity index (χ2n) is 21.3. The van der Waals surface area contributed by atoms with Gasteiger partial charge in [0.15, 0.2) is 0 Å². The molecule has 2 nitrogen and oxygen atoms in total. The van der Waals surface area contributed by atoms with E-state index in [1.54, 1.807) is 0 Å². The standard InChI is InChI=1S/C55H59BN2S/c1-34-29-46-50-47(30-34)58(44-26-21-37(53(5,6)7)31-41(44)35-17-15-14-16-18-35)45-27-22-39(55(11,12)13)33-43(45)56(50)49-42-32-38(54(8,9)10)23-28-48(42)59-51(49)57(46)40-24-19-36(20-25-40)52(2,3)4/h14-33H,1-13H3. The Morgan fingerprint density at radius 2 is 0.983 bits per heavy atom. The summed E-state index contributed by atoms with van der Waals surface area (Å²) in [5.41, 5.74) is 19.6. The van der Waals surface area contributed by atoms with Gasteiger partial charge >= 0.3 is 0 Å². The number of nitrogens with zero attached hydrogens (tertiary/aromatic N) is 2. The topological polar surface area (TPSA) is 6.48 Å². The van der Waals surface area contributed by atoms with Crippen LogP contribution in [-0.4, -0.2) is 6.71 Å². The maximum absolute atomic E-state index is 2.61. The van der Waals surface area contributed by atoms with Crippen LogP contribution in [0.3, 0.4) is 0 Å². The lowest BCUT2D eigenvalue weighted by molar-refractivity contribution is 0.590. The fourth-order valence-corrected chi connectivity index (χ4v) is 10.5. The molecule has 0 aliphatic carbocycles. The third-order valence-corrected chi connectivity index (χ3v) is 13.9. The van der Waals surface area contributed by atoms with Gasteiger partial charge in [-0.1, -0.05) is 156 Å². The minimum absolute atomic E-state index is 0.00241. The molecule has 2 aliphatic heterocycles. The summed E-state index contributed by atoms with van der Waals surface area (Å²) in [5, 5.41) is 2.69. The zero-order chi connectivity index (χ0) is 42.0. The molecule has 0 N–H and O–H groups in total.